The molecule has 3 N–H and O–H groups in total. The Morgan fingerprint density at radius 3 is 2.02 bits per heavy atom. The van der Waals surface area contributed by atoms with Crippen molar-refractivity contribution in [2.24, 2.45) is 5.92 Å². The number of rotatable bonds is 10. The van der Waals surface area contributed by atoms with Gasteiger partial charge in [-0.1, -0.05) is 30.3 Å². The fourth-order valence-corrected chi connectivity index (χ4v) is 4.60. The minimum Gasteiger partial charge on any atom is -0.497 e. The number of hydrogen-bond acceptors (Lipinski definition) is 5. The lowest BCUT2D eigenvalue weighted by atomic mass is 9.94. The van der Waals surface area contributed by atoms with E-state index in [1.165, 1.54) is 24.3 Å². The maximum atomic E-state index is 13.5. The quantitative estimate of drug-likeness (QED) is 0.323. The van der Waals surface area contributed by atoms with Gasteiger partial charge in [0.15, 0.2) is 0 Å². The van der Waals surface area contributed by atoms with Crippen LogP contribution in [0.15, 0.2) is 78.9 Å². The third-order valence-corrected chi connectivity index (χ3v) is 6.76. The number of carbonyl (C=O) groups excluding carboxylic acids is 3. The summed E-state index contributed by atoms with van der Waals surface area (Å²) in [6, 6.07) is 20.4. The fraction of sp³-hybridized carbons (Fsp3) is 0.300. The van der Waals surface area contributed by atoms with E-state index in [4.69, 9.17) is 4.74 Å². The first kappa shape index (κ1) is 29.3. The van der Waals surface area contributed by atoms with Crippen LogP contribution in [0.5, 0.6) is 11.5 Å². The molecule has 216 valence electrons. The van der Waals surface area contributed by atoms with Crippen LogP contribution in [-0.4, -0.2) is 55.6 Å². The number of piperidine rings is 1. The molecule has 0 radical (unpaired) electrons. The maximum absolute atomic E-state index is 13.5. The highest BCUT2D eigenvalue weighted by Gasteiger charge is 2.32. The van der Waals surface area contributed by atoms with Gasteiger partial charge in [0.1, 0.15) is 17.5 Å². The molecule has 0 bridgehead atoms. The first-order valence-corrected chi connectivity index (χ1v) is 13.2. The van der Waals surface area contributed by atoms with Crippen LogP contribution < -0.4 is 25.4 Å². The highest BCUT2D eigenvalue weighted by Crippen LogP contribution is 2.22. The van der Waals surface area contributed by atoms with Crippen molar-refractivity contribution in [1.29, 1.82) is 0 Å². The number of amides is 4. The second kappa shape index (κ2) is 14.1. The summed E-state index contributed by atoms with van der Waals surface area (Å²) >= 11 is 0. The largest absolute Gasteiger partial charge is 0.497 e. The van der Waals surface area contributed by atoms with E-state index in [2.05, 4.69) is 20.7 Å². The smallest absolute Gasteiger partial charge is 0.387 e. The summed E-state index contributed by atoms with van der Waals surface area (Å²) in [7, 11) is 1.57. The van der Waals surface area contributed by atoms with E-state index in [1.807, 2.05) is 30.3 Å². The van der Waals surface area contributed by atoms with Gasteiger partial charge in [0.2, 0.25) is 11.8 Å². The number of ether oxygens (including phenoxy) is 2. The summed E-state index contributed by atoms with van der Waals surface area (Å²) in [5, 5.41) is 8.29. The number of benzene rings is 3. The molecule has 1 aliphatic heterocycles. The van der Waals surface area contributed by atoms with Gasteiger partial charge in [-0.25, -0.2) is 4.79 Å². The third-order valence-electron chi connectivity index (χ3n) is 6.76. The highest BCUT2D eigenvalue weighted by atomic mass is 19.3. The predicted molar refractivity (Wildman–Crippen MR) is 150 cm³/mol. The number of urea groups is 1. The lowest BCUT2D eigenvalue weighted by Gasteiger charge is -2.34. The summed E-state index contributed by atoms with van der Waals surface area (Å²) in [5.74, 6) is 0.0509. The molecule has 11 heteroatoms. The molecule has 1 heterocycles. The Balaban J connectivity index is 1.35. The van der Waals surface area contributed by atoms with E-state index in [1.54, 1.807) is 36.3 Å². The Hall–Kier alpha value is -4.67. The monoisotopic (exact) mass is 566 g/mol. The number of nitrogens with zero attached hydrogens (tertiary/aromatic N) is 1. The molecule has 0 saturated carbocycles. The van der Waals surface area contributed by atoms with Gasteiger partial charge in [-0.3, -0.25) is 9.59 Å². The molecule has 9 nitrogen and oxygen atoms in total. The van der Waals surface area contributed by atoms with Crippen LogP contribution >= 0.6 is 0 Å². The van der Waals surface area contributed by atoms with Crippen molar-refractivity contribution < 1.29 is 32.6 Å². The van der Waals surface area contributed by atoms with Gasteiger partial charge >= 0.3 is 12.6 Å². The molecule has 4 rings (SSSR count). The second-order valence-corrected chi connectivity index (χ2v) is 9.56. The molecule has 0 unspecified atom stereocenters. The van der Waals surface area contributed by atoms with Crippen molar-refractivity contribution in [3.05, 3.63) is 84.4 Å². The van der Waals surface area contributed by atoms with Crippen LogP contribution in [0.3, 0.4) is 0 Å². The lowest BCUT2D eigenvalue weighted by Crippen LogP contribution is -2.53. The van der Waals surface area contributed by atoms with Gasteiger partial charge in [0.05, 0.1) is 7.11 Å². The summed E-state index contributed by atoms with van der Waals surface area (Å²) in [6.07, 6.45) is 1.25. The Labute approximate surface area is 236 Å². The fourth-order valence-electron chi connectivity index (χ4n) is 4.60. The van der Waals surface area contributed by atoms with E-state index in [0.717, 1.165) is 5.56 Å². The molecule has 0 spiro atoms. The zero-order chi connectivity index (χ0) is 29.2. The number of carbonyl (C=O) groups is 3. The Kier molecular flexibility index (Phi) is 10.1. The maximum Gasteiger partial charge on any atom is 0.387 e. The second-order valence-electron chi connectivity index (χ2n) is 9.56. The molecule has 0 aliphatic carbocycles. The standard InChI is InChI=1S/C30H32F2N4O5/c1-40-24-11-7-22(8-12-24)33-27(37)21-15-17-36(18-16-21)28(38)26(19-20-5-3-2-4-6-20)35-30(39)34-23-9-13-25(14-10-23)41-29(31)32/h2-14,21,26,29H,15-19H2,1H3,(H,33,37)(H2,34,35,39)/t26-/m0/s1. The van der Waals surface area contributed by atoms with E-state index in [9.17, 15) is 23.2 Å². The molecule has 3 aromatic carbocycles. The third kappa shape index (κ3) is 8.66. The van der Waals surface area contributed by atoms with Crippen molar-refractivity contribution in [3.63, 3.8) is 0 Å². The van der Waals surface area contributed by atoms with Crippen LogP contribution in [-0.2, 0) is 16.0 Å². The van der Waals surface area contributed by atoms with Crippen LogP contribution in [0, 0.1) is 5.92 Å². The number of methoxy groups -OCH3 is 1. The van der Waals surface area contributed by atoms with Gasteiger partial charge < -0.3 is 30.3 Å². The van der Waals surface area contributed by atoms with Crippen molar-refractivity contribution >= 4 is 29.2 Å². The Morgan fingerprint density at radius 2 is 1.44 bits per heavy atom. The Bertz CT molecular complexity index is 1300. The summed E-state index contributed by atoms with van der Waals surface area (Å²) in [4.78, 5) is 40.8. The topological polar surface area (TPSA) is 109 Å². The van der Waals surface area contributed by atoms with Crippen molar-refractivity contribution in [2.45, 2.75) is 31.9 Å². The molecule has 1 atom stereocenters. The number of anilines is 2. The van der Waals surface area contributed by atoms with E-state index >= 15 is 0 Å². The SMILES string of the molecule is COc1ccc(NC(=O)C2CCN(C(=O)[C@H](Cc3ccccc3)NC(=O)Nc3ccc(OC(F)F)cc3)CC2)cc1. The molecule has 1 fully saturated rings. The normalized spacial score (nSPS) is 14.2. The van der Waals surface area contributed by atoms with Crippen LogP contribution in [0.2, 0.25) is 0 Å². The zero-order valence-corrected chi connectivity index (χ0v) is 22.5. The molecular formula is C30H32F2N4O5. The minimum atomic E-state index is -2.95. The van der Waals surface area contributed by atoms with Crippen molar-refractivity contribution in [2.75, 3.05) is 30.8 Å². The molecular weight excluding hydrogens is 534 g/mol. The van der Waals surface area contributed by atoms with E-state index in [-0.39, 0.29) is 29.9 Å². The lowest BCUT2D eigenvalue weighted by molar-refractivity contribution is -0.136. The molecule has 0 aromatic heterocycles. The number of hydrogen-bond donors (Lipinski definition) is 3. The molecule has 3 aromatic rings. The number of nitrogens with one attached hydrogen (secondary N) is 3. The first-order valence-electron chi connectivity index (χ1n) is 13.2. The summed E-state index contributed by atoms with van der Waals surface area (Å²) in [6.45, 7) is -2.20. The predicted octanol–water partition coefficient (Wildman–Crippen LogP) is 4.91. The molecule has 1 saturated heterocycles. The minimum absolute atomic E-state index is 0.0378. The van der Waals surface area contributed by atoms with E-state index < -0.39 is 18.7 Å². The van der Waals surface area contributed by atoms with Crippen LogP contribution in [0.1, 0.15) is 18.4 Å². The van der Waals surface area contributed by atoms with Gasteiger partial charge in [0, 0.05) is 36.8 Å². The zero-order valence-electron chi connectivity index (χ0n) is 22.5. The number of alkyl halides is 2. The molecule has 4 amide bonds. The van der Waals surface area contributed by atoms with Gasteiger partial charge in [-0.15, -0.1) is 0 Å². The van der Waals surface area contributed by atoms with Gasteiger partial charge in [-0.2, -0.15) is 8.78 Å². The summed E-state index contributed by atoms with van der Waals surface area (Å²) in [5.41, 5.74) is 1.88. The van der Waals surface area contributed by atoms with Crippen molar-refractivity contribution in [1.82, 2.24) is 10.2 Å². The Morgan fingerprint density at radius 1 is 0.854 bits per heavy atom. The van der Waals surface area contributed by atoms with Gasteiger partial charge in [-0.05, 0) is 66.9 Å². The number of halogens is 2. The van der Waals surface area contributed by atoms with E-state index in [0.29, 0.717) is 43.1 Å². The average molecular weight is 567 g/mol. The number of likely N-dealkylation sites (tertiary alicyclic amines) is 1. The van der Waals surface area contributed by atoms with Crippen LogP contribution in [0.4, 0.5) is 25.0 Å². The van der Waals surface area contributed by atoms with Crippen molar-refractivity contribution in [3.8, 4) is 11.5 Å². The summed E-state index contributed by atoms with van der Waals surface area (Å²) < 4.78 is 34.3. The van der Waals surface area contributed by atoms with Crippen LogP contribution in [0.25, 0.3) is 0 Å². The highest BCUT2D eigenvalue weighted by molar-refractivity contribution is 5.95. The van der Waals surface area contributed by atoms with Gasteiger partial charge in [0.25, 0.3) is 0 Å². The first-order chi connectivity index (χ1) is 19.8. The average Bonchev–Trinajstić information content (AvgIpc) is 2.98. The molecule has 1 aliphatic rings. The molecule has 41 heavy (non-hydrogen) atoms.